The van der Waals surface area contributed by atoms with Gasteiger partial charge in [0.15, 0.2) is 0 Å². The van der Waals surface area contributed by atoms with Gasteiger partial charge in [-0.2, -0.15) is 13.8 Å². The summed E-state index contributed by atoms with van der Waals surface area (Å²) in [6.07, 6.45) is -3.26. The molecule has 0 saturated carbocycles. The van der Waals surface area contributed by atoms with Crippen LogP contribution in [0.25, 0.3) is 23.1 Å². The molecule has 0 spiro atoms. The lowest BCUT2D eigenvalue weighted by molar-refractivity contribution is -0.158. The number of hydrogen-bond acceptors (Lipinski definition) is 8. The van der Waals surface area contributed by atoms with Crippen LogP contribution in [0.5, 0.6) is 11.5 Å². The van der Waals surface area contributed by atoms with Gasteiger partial charge in [-0.3, -0.25) is 0 Å². The number of hydrogen-bond donors (Lipinski definition) is 1. The molecule has 0 atom stereocenters. The summed E-state index contributed by atoms with van der Waals surface area (Å²) in [5.74, 6) is 2.14. The number of aryl methyl sites for hydroxylation is 1. The average Bonchev–Trinajstić information content (AvgIpc) is 3.39. The van der Waals surface area contributed by atoms with Crippen molar-refractivity contribution in [2.45, 2.75) is 26.5 Å². The van der Waals surface area contributed by atoms with Gasteiger partial charge in [-0.1, -0.05) is 17.3 Å². The fourth-order valence-electron chi connectivity index (χ4n) is 3.05. The van der Waals surface area contributed by atoms with Crippen molar-refractivity contribution in [1.82, 2.24) is 24.9 Å². The summed E-state index contributed by atoms with van der Waals surface area (Å²) >= 11 is 0. The second kappa shape index (κ2) is 9.33. The minimum atomic E-state index is -3.26. The minimum Gasteiger partial charge on any atom is -0.492 e. The van der Waals surface area contributed by atoms with Crippen LogP contribution in [0.1, 0.15) is 18.3 Å². The molecule has 0 aliphatic heterocycles. The standard InChI is InChI=1S/C22H22F2N6O3/c1-14-26-20(28-30(14)13-15-4-3-5-18(12-15)31-11-10-25)21-27-19(29-33-21)16-6-8-17(9-7-16)32-22(2,23)24/h3-9,12H,10-11,13,25H2,1-2H3. The Morgan fingerprint density at radius 2 is 1.85 bits per heavy atom. The Balaban J connectivity index is 1.49. The Bertz CT molecular complexity index is 1220. The maximum Gasteiger partial charge on any atom is 0.394 e. The molecular weight excluding hydrogens is 434 g/mol. The molecule has 4 aromatic rings. The Morgan fingerprint density at radius 3 is 2.58 bits per heavy atom. The molecule has 0 radical (unpaired) electrons. The first-order chi connectivity index (χ1) is 15.8. The lowest BCUT2D eigenvalue weighted by Gasteiger charge is -2.12. The normalized spacial score (nSPS) is 11.5. The topological polar surface area (TPSA) is 114 Å². The van der Waals surface area contributed by atoms with Gasteiger partial charge in [0.2, 0.25) is 11.6 Å². The molecule has 11 heteroatoms. The van der Waals surface area contributed by atoms with E-state index in [9.17, 15) is 8.78 Å². The molecule has 0 saturated heterocycles. The summed E-state index contributed by atoms with van der Waals surface area (Å²) in [5.41, 5.74) is 7.04. The number of halogens is 2. The summed E-state index contributed by atoms with van der Waals surface area (Å²) in [4.78, 5) is 8.74. The van der Waals surface area contributed by atoms with Crippen LogP contribution in [0.3, 0.4) is 0 Å². The van der Waals surface area contributed by atoms with E-state index in [-0.39, 0.29) is 23.3 Å². The third kappa shape index (κ3) is 5.69. The molecular formula is C22H22F2N6O3. The highest BCUT2D eigenvalue weighted by Gasteiger charge is 2.23. The molecule has 0 aliphatic rings. The molecule has 0 unspecified atom stereocenters. The van der Waals surface area contributed by atoms with Gasteiger partial charge in [-0.15, -0.1) is 5.10 Å². The molecule has 2 heterocycles. The highest BCUT2D eigenvalue weighted by molar-refractivity contribution is 5.57. The average molecular weight is 456 g/mol. The molecule has 2 aromatic heterocycles. The predicted octanol–water partition coefficient (Wildman–Crippen LogP) is 3.68. The third-order valence-electron chi connectivity index (χ3n) is 4.50. The number of aromatic nitrogens is 5. The van der Waals surface area contributed by atoms with Crippen LogP contribution in [0.15, 0.2) is 53.1 Å². The monoisotopic (exact) mass is 456 g/mol. The van der Waals surface area contributed by atoms with Gasteiger partial charge in [0.1, 0.15) is 23.9 Å². The van der Waals surface area contributed by atoms with Crippen molar-refractivity contribution in [3.05, 3.63) is 59.9 Å². The van der Waals surface area contributed by atoms with Crippen molar-refractivity contribution < 1.29 is 22.8 Å². The van der Waals surface area contributed by atoms with Crippen molar-refractivity contribution in [3.63, 3.8) is 0 Å². The maximum atomic E-state index is 13.0. The molecule has 33 heavy (non-hydrogen) atoms. The first kappa shape index (κ1) is 22.3. The summed E-state index contributed by atoms with van der Waals surface area (Å²) < 4.78 is 43.1. The van der Waals surface area contributed by atoms with Crippen LogP contribution in [-0.4, -0.2) is 44.2 Å². The Kier molecular flexibility index (Phi) is 6.31. The molecule has 0 bridgehead atoms. The highest BCUT2D eigenvalue weighted by atomic mass is 19.3. The van der Waals surface area contributed by atoms with E-state index in [1.807, 2.05) is 31.2 Å². The Hall–Kier alpha value is -3.86. The first-order valence-electron chi connectivity index (χ1n) is 10.2. The van der Waals surface area contributed by atoms with Crippen LogP contribution in [0, 0.1) is 6.92 Å². The van der Waals surface area contributed by atoms with Crippen molar-refractivity contribution in [3.8, 4) is 34.6 Å². The van der Waals surface area contributed by atoms with Crippen molar-refractivity contribution in [2.75, 3.05) is 13.2 Å². The van der Waals surface area contributed by atoms with E-state index in [2.05, 4.69) is 25.0 Å². The van der Waals surface area contributed by atoms with Crippen LogP contribution >= 0.6 is 0 Å². The third-order valence-corrected chi connectivity index (χ3v) is 4.50. The van der Waals surface area contributed by atoms with Crippen LogP contribution in [0.2, 0.25) is 0 Å². The Morgan fingerprint density at radius 1 is 1.06 bits per heavy atom. The number of ether oxygens (including phenoxy) is 2. The summed E-state index contributed by atoms with van der Waals surface area (Å²) in [6.45, 7) is 3.85. The fraction of sp³-hybridized carbons (Fsp3) is 0.273. The van der Waals surface area contributed by atoms with Gasteiger partial charge < -0.3 is 19.7 Å². The summed E-state index contributed by atoms with van der Waals surface area (Å²) in [6, 6.07) is 13.6. The van der Waals surface area contributed by atoms with Crippen molar-refractivity contribution in [2.24, 2.45) is 5.73 Å². The lowest BCUT2D eigenvalue weighted by atomic mass is 10.2. The second-order valence-corrected chi connectivity index (χ2v) is 7.28. The quantitative estimate of drug-likeness (QED) is 0.406. The van der Waals surface area contributed by atoms with E-state index < -0.39 is 6.11 Å². The minimum absolute atomic E-state index is 0.0310. The SMILES string of the molecule is Cc1nc(-c2nc(-c3ccc(OC(C)(F)F)cc3)no2)nn1Cc1cccc(OCCN)c1. The number of rotatable bonds is 9. The van der Waals surface area contributed by atoms with Crippen molar-refractivity contribution in [1.29, 1.82) is 0 Å². The van der Waals surface area contributed by atoms with E-state index in [0.717, 1.165) is 11.3 Å². The number of nitrogens with two attached hydrogens (primary N) is 1. The van der Waals surface area contributed by atoms with Crippen LogP contribution < -0.4 is 15.2 Å². The van der Waals surface area contributed by atoms with E-state index >= 15 is 0 Å². The number of nitrogens with zero attached hydrogens (tertiary/aromatic N) is 5. The van der Waals surface area contributed by atoms with Gasteiger partial charge in [-0.25, -0.2) is 9.67 Å². The van der Waals surface area contributed by atoms with E-state index in [0.29, 0.717) is 38.0 Å². The second-order valence-electron chi connectivity index (χ2n) is 7.28. The molecule has 9 nitrogen and oxygen atoms in total. The van der Waals surface area contributed by atoms with Gasteiger partial charge in [0.05, 0.1) is 6.54 Å². The molecule has 0 fully saturated rings. The predicted molar refractivity (Wildman–Crippen MR) is 115 cm³/mol. The maximum absolute atomic E-state index is 13.0. The molecule has 172 valence electrons. The zero-order valence-electron chi connectivity index (χ0n) is 18.0. The smallest absolute Gasteiger partial charge is 0.394 e. The molecule has 0 aliphatic carbocycles. The Labute approximate surface area is 188 Å². The first-order valence-corrected chi connectivity index (χ1v) is 10.2. The van der Waals surface area contributed by atoms with E-state index in [1.165, 1.54) is 12.1 Å². The summed E-state index contributed by atoms with van der Waals surface area (Å²) in [5, 5.41) is 8.41. The lowest BCUT2D eigenvalue weighted by Crippen LogP contribution is -2.18. The molecule has 2 aromatic carbocycles. The van der Waals surface area contributed by atoms with Gasteiger partial charge in [-0.05, 0) is 48.9 Å². The van der Waals surface area contributed by atoms with Gasteiger partial charge in [0.25, 0.3) is 5.89 Å². The van der Waals surface area contributed by atoms with Crippen LogP contribution in [0.4, 0.5) is 8.78 Å². The zero-order chi connectivity index (χ0) is 23.4. The largest absolute Gasteiger partial charge is 0.492 e. The fourth-order valence-corrected chi connectivity index (χ4v) is 3.05. The highest BCUT2D eigenvalue weighted by Crippen LogP contribution is 2.26. The molecule has 4 rings (SSSR count). The van der Waals surface area contributed by atoms with E-state index in [1.54, 1.807) is 16.8 Å². The molecule has 0 amide bonds. The van der Waals surface area contributed by atoms with Crippen LogP contribution in [-0.2, 0) is 6.54 Å². The molecule has 2 N–H and O–H groups in total. The zero-order valence-corrected chi connectivity index (χ0v) is 18.0. The van der Waals surface area contributed by atoms with Gasteiger partial charge >= 0.3 is 6.11 Å². The number of alkyl halides is 2. The van der Waals surface area contributed by atoms with E-state index in [4.69, 9.17) is 15.0 Å². The number of benzene rings is 2. The van der Waals surface area contributed by atoms with Crippen molar-refractivity contribution >= 4 is 0 Å². The van der Waals surface area contributed by atoms with Gasteiger partial charge in [0, 0.05) is 19.0 Å². The summed E-state index contributed by atoms with van der Waals surface area (Å²) in [7, 11) is 0.